The highest BCUT2D eigenvalue weighted by Gasteiger charge is 2.49. The smallest absolute Gasteiger partial charge is 0.309 e. The SMILES string of the molecule is CCC1(C(=O)O)CC2CCC(NC(=O)C3CN(Cc4ccccc4)CCO3)C(C2)C1. The Kier molecular flexibility index (Phi) is 6.44. The van der Waals surface area contributed by atoms with Gasteiger partial charge in [0.15, 0.2) is 0 Å². The van der Waals surface area contributed by atoms with Crippen LogP contribution in [0.5, 0.6) is 0 Å². The molecule has 5 unspecified atom stereocenters. The van der Waals surface area contributed by atoms with Crippen LogP contribution >= 0.6 is 0 Å². The first-order chi connectivity index (χ1) is 14.5. The number of carboxylic acid groups (broad SMARTS) is 1. The summed E-state index contributed by atoms with van der Waals surface area (Å²) in [5.74, 6) is 0.0137. The Morgan fingerprint density at radius 1 is 1.23 bits per heavy atom. The molecule has 0 radical (unpaired) electrons. The Hall–Kier alpha value is -1.92. The van der Waals surface area contributed by atoms with Crippen molar-refractivity contribution in [1.82, 2.24) is 10.2 Å². The number of carbonyl (C=O) groups excluding carboxylic acids is 1. The van der Waals surface area contributed by atoms with Crippen LogP contribution in [0.1, 0.15) is 51.0 Å². The van der Waals surface area contributed by atoms with Crippen molar-refractivity contribution in [3.8, 4) is 0 Å². The number of rotatable bonds is 6. The normalized spacial score (nSPS) is 34.3. The molecule has 1 aromatic rings. The van der Waals surface area contributed by atoms with Crippen molar-refractivity contribution < 1.29 is 19.4 Å². The maximum atomic E-state index is 13.0. The Balaban J connectivity index is 1.35. The van der Waals surface area contributed by atoms with Gasteiger partial charge >= 0.3 is 5.97 Å². The quantitative estimate of drug-likeness (QED) is 0.748. The lowest BCUT2D eigenvalue weighted by Gasteiger charge is -2.48. The van der Waals surface area contributed by atoms with Crippen LogP contribution < -0.4 is 5.32 Å². The van der Waals surface area contributed by atoms with Gasteiger partial charge in [-0.2, -0.15) is 0 Å². The first kappa shape index (κ1) is 21.3. The summed E-state index contributed by atoms with van der Waals surface area (Å²) >= 11 is 0. The van der Waals surface area contributed by atoms with Gasteiger partial charge in [-0.05, 0) is 55.9 Å². The molecule has 164 valence electrons. The fraction of sp³-hybridized carbons (Fsp3) is 0.667. The van der Waals surface area contributed by atoms with Crippen LogP contribution in [0, 0.1) is 17.3 Å². The van der Waals surface area contributed by atoms with Gasteiger partial charge in [-0.3, -0.25) is 14.5 Å². The minimum atomic E-state index is -0.668. The molecule has 3 fully saturated rings. The number of carboxylic acids is 1. The lowest BCUT2D eigenvalue weighted by atomic mass is 9.58. The van der Waals surface area contributed by atoms with E-state index in [1.54, 1.807) is 0 Å². The van der Waals surface area contributed by atoms with E-state index < -0.39 is 17.5 Å². The van der Waals surface area contributed by atoms with E-state index in [1.165, 1.54) is 5.56 Å². The number of nitrogens with one attached hydrogen (secondary N) is 1. The van der Waals surface area contributed by atoms with Crippen LogP contribution in [0.15, 0.2) is 30.3 Å². The monoisotopic (exact) mass is 414 g/mol. The molecule has 6 nitrogen and oxygen atoms in total. The number of fused-ring (bicyclic) bond motifs is 2. The van der Waals surface area contributed by atoms with E-state index in [2.05, 4.69) is 22.3 Å². The third-order valence-electron chi connectivity index (χ3n) is 7.57. The minimum Gasteiger partial charge on any atom is -0.481 e. The summed E-state index contributed by atoms with van der Waals surface area (Å²) in [7, 11) is 0. The molecule has 0 spiro atoms. The third-order valence-corrected chi connectivity index (χ3v) is 7.57. The summed E-state index contributed by atoms with van der Waals surface area (Å²) in [5, 5.41) is 13.1. The largest absolute Gasteiger partial charge is 0.481 e. The summed E-state index contributed by atoms with van der Waals surface area (Å²) in [6, 6.07) is 10.4. The second-order valence-corrected chi connectivity index (χ2v) is 9.48. The van der Waals surface area contributed by atoms with Crippen LogP contribution in [-0.2, 0) is 20.9 Å². The number of aliphatic carboxylic acids is 1. The number of carbonyl (C=O) groups is 2. The van der Waals surface area contributed by atoms with Crippen molar-refractivity contribution in [2.24, 2.45) is 17.3 Å². The summed E-state index contributed by atoms with van der Waals surface area (Å²) in [4.78, 5) is 27.3. The molecule has 2 N–H and O–H groups in total. The highest BCUT2D eigenvalue weighted by molar-refractivity contribution is 5.81. The minimum absolute atomic E-state index is 0.0424. The molecule has 2 aliphatic carbocycles. The Morgan fingerprint density at radius 3 is 2.77 bits per heavy atom. The first-order valence-corrected chi connectivity index (χ1v) is 11.4. The van der Waals surface area contributed by atoms with Crippen LogP contribution in [0.25, 0.3) is 0 Å². The highest BCUT2D eigenvalue weighted by atomic mass is 16.5. The second-order valence-electron chi connectivity index (χ2n) is 9.48. The number of benzene rings is 1. The number of hydrogen-bond acceptors (Lipinski definition) is 4. The molecule has 3 aliphatic rings. The van der Waals surface area contributed by atoms with Gasteiger partial charge in [-0.1, -0.05) is 37.3 Å². The van der Waals surface area contributed by atoms with E-state index in [0.29, 0.717) is 31.9 Å². The van der Waals surface area contributed by atoms with E-state index in [1.807, 2.05) is 25.1 Å². The standard InChI is InChI=1S/C24H34N2O4/c1-2-24(23(28)29)13-18-8-9-20(19(12-18)14-24)25-22(27)21-16-26(10-11-30-21)15-17-6-4-3-5-7-17/h3-7,18-21H,2,8-16H2,1H3,(H,25,27)(H,28,29). The molecule has 1 aromatic carbocycles. The van der Waals surface area contributed by atoms with Gasteiger partial charge in [0.05, 0.1) is 12.0 Å². The van der Waals surface area contributed by atoms with E-state index in [-0.39, 0.29) is 17.9 Å². The van der Waals surface area contributed by atoms with Gasteiger partial charge < -0.3 is 15.2 Å². The molecule has 2 saturated carbocycles. The maximum absolute atomic E-state index is 13.0. The lowest BCUT2D eigenvalue weighted by Crippen LogP contribution is -2.55. The number of ether oxygens (including phenoxy) is 1. The van der Waals surface area contributed by atoms with Crippen LogP contribution in [0.4, 0.5) is 0 Å². The Labute approximate surface area is 179 Å². The predicted octanol–water partition coefficient (Wildman–Crippen LogP) is 3.06. The zero-order chi connectivity index (χ0) is 21.1. The van der Waals surface area contributed by atoms with Gasteiger partial charge in [0.2, 0.25) is 0 Å². The third kappa shape index (κ3) is 4.54. The summed E-state index contributed by atoms with van der Waals surface area (Å²) in [5.41, 5.74) is 0.619. The highest BCUT2D eigenvalue weighted by Crippen LogP contribution is 2.50. The maximum Gasteiger partial charge on any atom is 0.309 e. The second kappa shape index (κ2) is 9.06. The molecule has 4 rings (SSSR count). The van der Waals surface area contributed by atoms with Crippen molar-refractivity contribution in [2.45, 2.75) is 64.1 Å². The fourth-order valence-electron chi connectivity index (χ4n) is 5.84. The summed E-state index contributed by atoms with van der Waals surface area (Å²) in [6.45, 7) is 4.77. The summed E-state index contributed by atoms with van der Waals surface area (Å²) < 4.78 is 5.81. The fourth-order valence-corrected chi connectivity index (χ4v) is 5.84. The molecule has 30 heavy (non-hydrogen) atoms. The van der Waals surface area contributed by atoms with E-state index in [4.69, 9.17) is 4.74 Å². The van der Waals surface area contributed by atoms with Gasteiger partial charge in [-0.15, -0.1) is 0 Å². The topological polar surface area (TPSA) is 78.9 Å². The van der Waals surface area contributed by atoms with Crippen molar-refractivity contribution in [2.75, 3.05) is 19.7 Å². The van der Waals surface area contributed by atoms with Crippen molar-refractivity contribution >= 4 is 11.9 Å². The van der Waals surface area contributed by atoms with Gasteiger partial charge in [0, 0.05) is 25.7 Å². The molecule has 2 bridgehead atoms. The molecule has 5 atom stereocenters. The van der Waals surface area contributed by atoms with E-state index in [9.17, 15) is 14.7 Å². The average Bonchev–Trinajstić information content (AvgIpc) is 2.76. The molecule has 1 heterocycles. The van der Waals surface area contributed by atoms with Crippen LogP contribution in [-0.4, -0.2) is 53.7 Å². The van der Waals surface area contributed by atoms with E-state index >= 15 is 0 Å². The van der Waals surface area contributed by atoms with Crippen LogP contribution in [0.3, 0.4) is 0 Å². The number of nitrogens with zero attached hydrogens (tertiary/aromatic N) is 1. The zero-order valence-corrected chi connectivity index (χ0v) is 17.9. The van der Waals surface area contributed by atoms with Gasteiger partial charge in [0.1, 0.15) is 6.10 Å². The molecular formula is C24H34N2O4. The van der Waals surface area contributed by atoms with Crippen LogP contribution in [0.2, 0.25) is 0 Å². The van der Waals surface area contributed by atoms with Crippen molar-refractivity contribution in [3.63, 3.8) is 0 Å². The van der Waals surface area contributed by atoms with Crippen molar-refractivity contribution in [1.29, 1.82) is 0 Å². The van der Waals surface area contributed by atoms with E-state index in [0.717, 1.165) is 38.8 Å². The molecule has 6 heteroatoms. The lowest BCUT2D eigenvalue weighted by molar-refractivity contribution is -0.155. The number of morpholine rings is 1. The molecule has 1 amide bonds. The molecular weight excluding hydrogens is 380 g/mol. The number of hydrogen-bond donors (Lipinski definition) is 2. The molecule has 0 aromatic heterocycles. The summed E-state index contributed by atoms with van der Waals surface area (Å²) in [6.07, 6.45) is 4.65. The zero-order valence-electron chi connectivity index (χ0n) is 17.9. The average molecular weight is 415 g/mol. The Morgan fingerprint density at radius 2 is 2.03 bits per heavy atom. The predicted molar refractivity (Wildman–Crippen MR) is 114 cm³/mol. The molecule has 1 aliphatic heterocycles. The molecule has 1 saturated heterocycles. The van der Waals surface area contributed by atoms with Gasteiger partial charge in [-0.25, -0.2) is 0 Å². The number of amides is 1. The first-order valence-electron chi connectivity index (χ1n) is 11.4. The van der Waals surface area contributed by atoms with Gasteiger partial charge in [0.25, 0.3) is 5.91 Å². The van der Waals surface area contributed by atoms with Crippen molar-refractivity contribution in [3.05, 3.63) is 35.9 Å². The Bertz CT molecular complexity index is 755.